The first-order valence-corrected chi connectivity index (χ1v) is 13.7. The molecule has 194 valence electrons. The minimum absolute atomic E-state index is 0.0822. The maximum atomic E-state index is 13.0. The molecular weight excluding hydrogens is 531 g/mol. The first-order chi connectivity index (χ1) is 18.3. The zero-order valence-corrected chi connectivity index (χ0v) is 21.6. The zero-order chi connectivity index (χ0) is 26.3. The monoisotopic (exact) mass is 553 g/mol. The van der Waals surface area contributed by atoms with E-state index < -0.39 is 17.8 Å². The second kappa shape index (κ2) is 9.97. The fraction of sp³-hybridized carbons (Fsp3) is 0.222. The molecule has 4 heterocycles. The third-order valence-corrected chi connectivity index (χ3v) is 8.57. The largest absolute Gasteiger partial charge is 0.416 e. The quantitative estimate of drug-likeness (QED) is 0.293. The molecule has 2 N–H and O–H groups in total. The summed E-state index contributed by atoms with van der Waals surface area (Å²) in [6, 6.07) is 14.9. The number of nitrogens with one attached hydrogen (secondary N) is 2. The Kier molecular flexibility index (Phi) is 6.50. The molecule has 6 nitrogen and oxygen atoms in total. The summed E-state index contributed by atoms with van der Waals surface area (Å²) in [6.07, 6.45) is -2.89. The van der Waals surface area contributed by atoms with Gasteiger partial charge in [-0.2, -0.15) is 13.2 Å². The maximum Gasteiger partial charge on any atom is 0.416 e. The lowest BCUT2D eigenvalue weighted by atomic mass is 10.1. The molecule has 5 aromatic rings. The first kappa shape index (κ1) is 24.8. The van der Waals surface area contributed by atoms with Crippen molar-refractivity contribution in [3.8, 4) is 10.4 Å². The topological polar surface area (TPSA) is 70.2 Å². The van der Waals surface area contributed by atoms with Gasteiger partial charge in [0.15, 0.2) is 0 Å². The van der Waals surface area contributed by atoms with Crippen LogP contribution in [0.25, 0.3) is 30.7 Å². The van der Waals surface area contributed by atoms with Crippen molar-refractivity contribution in [3.05, 3.63) is 77.4 Å². The van der Waals surface area contributed by atoms with Crippen LogP contribution in [0.2, 0.25) is 0 Å². The van der Waals surface area contributed by atoms with Crippen LogP contribution in [0.1, 0.15) is 11.1 Å². The number of rotatable bonds is 5. The number of hydrogen-bond donors (Lipinski definition) is 2. The zero-order valence-electron chi connectivity index (χ0n) is 20.0. The van der Waals surface area contributed by atoms with E-state index in [1.54, 1.807) is 11.3 Å². The van der Waals surface area contributed by atoms with E-state index in [0.717, 1.165) is 32.8 Å². The summed E-state index contributed by atoms with van der Waals surface area (Å²) < 4.78 is 40.1. The number of carbonyl (C=O) groups is 1. The summed E-state index contributed by atoms with van der Waals surface area (Å²) in [6.45, 7) is 2.16. The number of benzene rings is 2. The Hall–Kier alpha value is -3.54. The number of thiophene rings is 2. The van der Waals surface area contributed by atoms with E-state index >= 15 is 0 Å². The fourth-order valence-corrected chi connectivity index (χ4v) is 6.39. The number of anilines is 1. The molecule has 0 bridgehead atoms. The average molecular weight is 554 g/mol. The summed E-state index contributed by atoms with van der Waals surface area (Å²) in [4.78, 5) is 25.5. The maximum absolute atomic E-state index is 13.0. The molecule has 1 aliphatic rings. The molecule has 0 aliphatic carbocycles. The van der Waals surface area contributed by atoms with Gasteiger partial charge in [0.1, 0.15) is 23.0 Å². The second-order valence-electron chi connectivity index (χ2n) is 9.07. The molecule has 0 spiro atoms. The normalized spacial score (nSPS) is 16.3. The van der Waals surface area contributed by atoms with E-state index in [2.05, 4.69) is 49.1 Å². The first-order valence-electron chi connectivity index (χ1n) is 12.0. The second-order valence-corrected chi connectivity index (χ2v) is 11.0. The van der Waals surface area contributed by atoms with E-state index in [0.29, 0.717) is 37.6 Å². The molecule has 0 radical (unpaired) electrons. The minimum Gasteiger partial charge on any atom is -0.353 e. The Balaban J connectivity index is 1.17. The molecule has 11 heteroatoms. The summed E-state index contributed by atoms with van der Waals surface area (Å²) >= 11 is 3.09. The number of piperazine rings is 1. The van der Waals surface area contributed by atoms with Crippen molar-refractivity contribution in [2.45, 2.75) is 18.8 Å². The Morgan fingerprint density at radius 3 is 2.76 bits per heavy atom. The van der Waals surface area contributed by atoms with Crippen molar-refractivity contribution < 1.29 is 18.0 Å². The van der Waals surface area contributed by atoms with E-state index in [1.165, 1.54) is 39.9 Å². The lowest BCUT2D eigenvalue weighted by molar-refractivity contribution is -0.137. The fourth-order valence-electron chi connectivity index (χ4n) is 4.62. The summed E-state index contributed by atoms with van der Waals surface area (Å²) in [5.41, 5.74) is 1.05. The van der Waals surface area contributed by atoms with Crippen molar-refractivity contribution in [2.75, 3.05) is 24.5 Å². The minimum atomic E-state index is -4.37. The van der Waals surface area contributed by atoms with Gasteiger partial charge < -0.3 is 15.5 Å². The Morgan fingerprint density at radius 1 is 1.11 bits per heavy atom. The number of halogens is 3. The summed E-state index contributed by atoms with van der Waals surface area (Å²) in [5, 5.41) is 10.4. The molecular formula is C27H22F3N5OS2. The predicted molar refractivity (Wildman–Crippen MR) is 146 cm³/mol. The van der Waals surface area contributed by atoms with Gasteiger partial charge in [-0.05, 0) is 58.3 Å². The molecule has 3 aromatic heterocycles. The van der Waals surface area contributed by atoms with E-state index in [9.17, 15) is 18.0 Å². The Labute approximate surface area is 224 Å². The Bertz CT molecular complexity index is 1610. The van der Waals surface area contributed by atoms with Gasteiger partial charge in [-0.1, -0.05) is 18.2 Å². The van der Waals surface area contributed by atoms with Gasteiger partial charge in [-0.15, -0.1) is 22.7 Å². The number of fused-ring (bicyclic) bond motifs is 2. The third-order valence-electron chi connectivity index (χ3n) is 6.58. The lowest BCUT2D eigenvalue weighted by Crippen LogP contribution is -2.57. The third kappa shape index (κ3) is 4.96. The number of hydrogen-bond acceptors (Lipinski definition) is 7. The van der Waals surface area contributed by atoms with Gasteiger partial charge in [0.2, 0.25) is 5.91 Å². The van der Waals surface area contributed by atoms with Crippen LogP contribution in [0.15, 0.2) is 66.3 Å². The number of nitrogens with zero attached hydrogens (tertiary/aromatic N) is 3. The van der Waals surface area contributed by atoms with Crippen LogP contribution in [0, 0.1) is 0 Å². The molecule has 1 fully saturated rings. The van der Waals surface area contributed by atoms with Gasteiger partial charge in [-0.3, -0.25) is 4.79 Å². The van der Waals surface area contributed by atoms with Crippen molar-refractivity contribution in [1.29, 1.82) is 0 Å². The molecule has 1 atom stereocenters. The van der Waals surface area contributed by atoms with Gasteiger partial charge in [-0.25, -0.2) is 9.97 Å². The molecule has 1 aliphatic heterocycles. The smallest absolute Gasteiger partial charge is 0.353 e. The number of alkyl halides is 3. The number of aromatic nitrogens is 2. The van der Waals surface area contributed by atoms with Crippen LogP contribution in [0.3, 0.4) is 0 Å². The van der Waals surface area contributed by atoms with Crippen molar-refractivity contribution in [3.63, 3.8) is 0 Å². The highest BCUT2D eigenvalue weighted by atomic mass is 32.1. The average Bonchev–Trinajstić information content (AvgIpc) is 3.58. The van der Waals surface area contributed by atoms with Gasteiger partial charge in [0.25, 0.3) is 0 Å². The number of amides is 1. The Morgan fingerprint density at radius 2 is 1.95 bits per heavy atom. The SMILES string of the molecule is O=C(NCc1ccc2sccc2c1)[C@@H]1CN(c2ncnc3sc(-c4ccc(C(F)(F)F)cc4)cc23)CCN1. The molecule has 1 saturated heterocycles. The van der Waals surface area contributed by atoms with Crippen LogP contribution < -0.4 is 15.5 Å². The van der Waals surface area contributed by atoms with Crippen molar-refractivity contribution in [1.82, 2.24) is 20.6 Å². The predicted octanol–water partition coefficient (Wildman–Crippen LogP) is 5.69. The molecule has 38 heavy (non-hydrogen) atoms. The standard InChI is InChI=1S/C27H22F3N5OS2/c28-27(29,30)19-4-2-17(3-5-19)23-12-20-24(33-15-34-26(20)38-23)35-9-8-31-21(14-35)25(36)32-13-16-1-6-22-18(11-16)7-10-37-22/h1-7,10-12,15,21,31H,8-9,13-14H2,(H,32,36)/t21-/m0/s1. The van der Waals surface area contributed by atoms with Crippen molar-refractivity contribution >= 4 is 54.7 Å². The summed E-state index contributed by atoms with van der Waals surface area (Å²) in [7, 11) is 0. The molecule has 0 unspecified atom stereocenters. The van der Waals surface area contributed by atoms with Crippen LogP contribution >= 0.6 is 22.7 Å². The van der Waals surface area contributed by atoms with E-state index in [4.69, 9.17) is 0 Å². The van der Waals surface area contributed by atoms with E-state index in [1.807, 2.05) is 12.1 Å². The molecule has 1 amide bonds. The van der Waals surface area contributed by atoms with Gasteiger partial charge in [0.05, 0.1) is 10.9 Å². The lowest BCUT2D eigenvalue weighted by Gasteiger charge is -2.34. The molecule has 2 aromatic carbocycles. The molecule has 6 rings (SSSR count). The number of carbonyl (C=O) groups excluding carboxylic acids is 1. The highest BCUT2D eigenvalue weighted by Gasteiger charge is 2.30. The highest BCUT2D eigenvalue weighted by Crippen LogP contribution is 2.38. The van der Waals surface area contributed by atoms with E-state index in [-0.39, 0.29) is 5.91 Å². The molecule has 0 saturated carbocycles. The van der Waals surface area contributed by atoms with Crippen molar-refractivity contribution in [2.24, 2.45) is 0 Å². The van der Waals surface area contributed by atoms with Crippen LogP contribution in [0.5, 0.6) is 0 Å². The van der Waals surface area contributed by atoms with Crippen LogP contribution in [-0.2, 0) is 17.5 Å². The van der Waals surface area contributed by atoms with Crippen LogP contribution in [-0.4, -0.2) is 41.6 Å². The summed E-state index contributed by atoms with van der Waals surface area (Å²) in [5.74, 6) is 0.632. The highest BCUT2D eigenvalue weighted by molar-refractivity contribution is 7.22. The van der Waals surface area contributed by atoms with Gasteiger partial charge >= 0.3 is 6.18 Å². The van der Waals surface area contributed by atoms with Crippen LogP contribution in [0.4, 0.5) is 19.0 Å². The van der Waals surface area contributed by atoms with Gasteiger partial charge in [0, 0.05) is 35.8 Å².